The monoisotopic (exact) mass is 387 g/mol. The molecule has 0 aliphatic heterocycles. The molecule has 3 rings (SSSR count). The van der Waals surface area contributed by atoms with Gasteiger partial charge in [0.15, 0.2) is 0 Å². The summed E-state index contributed by atoms with van der Waals surface area (Å²) >= 11 is 0. The highest BCUT2D eigenvalue weighted by atomic mass is 32.2. The molecule has 140 valence electrons. The Morgan fingerprint density at radius 2 is 1.56 bits per heavy atom. The summed E-state index contributed by atoms with van der Waals surface area (Å²) in [6.45, 7) is 3.47. The third-order valence-electron chi connectivity index (χ3n) is 4.23. The normalized spacial score (nSPS) is 11.4. The summed E-state index contributed by atoms with van der Waals surface area (Å²) in [5, 5.41) is 0. The second kappa shape index (κ2) is 7.48. The Balaban J connectivity index is 2.11. The van der Waals surface area contributed by atoms with Crippen LogP contribution in [-0.2, 0) is 16.6 Å². The SMILES string of the molecule is Cc1ccc(S(=O)(=O)N(Cc2ccc(F)cc2F)c2cccc(C)c2)cc1. The van der Waals surface area contributed by atoms with E-state index in [1.165, 1.54) is 18.2 Å². The topological polar surface area (TPSA) is 37.4 Å². The lowest BCUT2D eigenvalue weighted by Gasteiger charge is -2.25. The molecule has 0 atom stereocenters. The molecule has 0 radical (unpaired) electrons. The fraction of sp³-hybridized carbons (Fsp3) is 0.143. The van der Waals surface area contributed by atoms with Crippen LogP contribution in [0.2, 0.25) is 0 Å². The first kappa shape index (κ1) is 19.0. The lowest BCUT2D eigenvalue weighted by atomic mass is 10.2. The molecule has 0 aliphatic carbocycles. The Labute approximate surface area is 157 Å². The first-order chi connectivity index (χ1) is 12.8. The minimum atomic E-state index is -3.94. The van der Waals surface area contributed by atoms with Crippen LogP contribution in [0.15, 0.2) is 71.6 Å². The van der Waals surface area contributed by atoms with Gasteiger partial charge in [0.2, 0.25) is 0 Å². The lowest BCUT2D eigenvalue weighted by Crippen LogP contribution is -2.31. The number of benzene rings is 3. The van der Waals surface area contributed by atoms with Crippen molar-refractivity contribution in [2.24, 2.45) is 0 Å². The largest absolute Gasteiger partial charge is 0.264 e. The van der Waals surface area contributed by atoms with E-state index in [1.54, 1.807) is 30.3 Å². The van der Waals surface area contributed by atoms with Gasteiger partial charge >= 0.3 is 0 Å². The molecular weight excluding hydrogens is 368 g/mol. The fourth-order valence-corrected chi connectivity index (χ4v) is 4.17. The summed E-state index contributed by atoms with van der Waals surface area (Å²) in [6.07, 6.45) is 0. The van der Waals surface area contributed by atoms with Gasteiger partial charge in [-0.1, -0.05) is 35.9 Å². The van der Waals surface area contributed by atoms with Crippen LogP contribution in [0.5, 0.6) is 0 Å². The standard InChI is InChI=1S/C21H19F2NO2S/c1-15-6-10-20(11-7-15)27(25,26)24(19-5-3-4-16(2)12-19)14-17-8-9-18(22)13-21(17)23/h3-13H,14H2,1-2H3. The van der Waals surface area contributed by atoms with Crippen LogP contribution in [0, 0.1) is 25.5 Å². The van der Waals surface area contributed by atoms with Crippen molar-refractivity contribution >= 4 is 15.7 Å². The number of hydrogen-bond donors (Lipinski definition) is 0. The molecule has 0 aromatic heterocycles. The van der Waals surface area contributed by atoms with Crippen molar-refractivity contribution in [3.05, 3.63) is 95.1 Å². The van der Waals surface area contributed by atoms with Crippen molar-refractivity contribution in [1.29, 1.82) is 0 Å². The van der Waals surface area contributed by atoms with E-state index in [2.05, 4.69) is 0 Å². The summed E-state index contributed by atoms with van der Waals surface area (Å²) in [5.74, 6) is -1.49. The van der Waals surface area contributed by atoms with Crippen molar-refractivity contribution in [1.82, 2.24) is 0 Å². The summed E-state index contributed by atoms with van der Waals surface area (Å²) in [6, 6.07) is 16.5. The zero-order valence-corrected chi connectivity index (χ0v) is 15.8. The van der Waals surface area contributed by atoms with Crippen molar-refractivity contribution in [3.8, 4) is 0 Å². The van der Waals surface area contributed by atoms with Gasteiger partial charge in [0, 0.05) is 11.6 Å². The summed E-state index contributed by atoms with van der Waals surface area (Å²) in [4.78, 5) is 0.108. The highest BCUT2D eigenvalue weighted by Crippen LogP contribution is 2.27. The molecule has 0 saturated heterocycles. The molecule has 0 amide bonds. The summed E-state index contributed by atoms with van der Waals surface area (Å²) in [5.41, 5.74) is 2.31. The molecule has 0 saturated carbocycles. The smallest absolute Gasteiger partial charge is 0.262 e. The van der Waals surface area contributed by atoms with Crippen molar-refractivity contribution in [2.75, 3.05) is 4.31 Å². The van der Waals surface area contributed by atoms with Crippen LogP contribution in [0.25, 0.3) is 0 Å². The molecule has 0 bridgehead atoms. The van der Waals surface area contributed by atoms with Crippen LogP contribution >= 0.6 is 0 Å². The highest BCUT2D eigenvalue weighted by molar-refractivity contribution is 7.92. The van der Waals surface area contributed by atoms with Crippen LogP contribution in [0.3, 0.4) is 0 Å². The molecule has 3 aromatic rings. The molecule has 0 heterocycles. The molecular formula is C21H19F2NO2S. The quantitative estimate of drug-likeness (QED) is 0.619. The summed E-state index contributed by atoms with van der Waals surface area (Å²) in [7, 11) is -3.94. The maximum absolute atomic E-state index is 14.2. The van der Waals surface area contributed by atoms with E-state index in [1.807, 2.05) is 19.9 Å². The van der Waals surface area contributed by atoms with E-state index < -0.39 is 21.7 Å². The minimum Gasteiger partial charge on any atom is -0.262 e. The number of anilines is 1. The average Bonchev–Trinajstić information content (AvgIpc) is 2.61. The lowest BCUT2D eigenvalue weighted by molar-refractivity contribution is 0.569. The van der Waals surface area contributed by atoms with Gasteiger partial charge in [0.05, 0.1) is 17.1 Å². The van der Waals surface area contributed by atoms with Crippen LogP contribution < -0.4 is 4.31 Å². The molecule has 0 unspecified atom stereocenters. The van der Waals surface area contributed by atoms with E-state index in [0.29, 0.717) is 5.69 Å². The van der Waals surface area contributed by atoms with Gasteiger partial charge < -0.3 is 0 Å². The molecule has 3 aromatic carbocycles. The van der Waals surface area contributed by atoms with E-state index in [9.17, 15) is 17.2 Å². The fourth-order valence-electron chi connectivity index (χ4n) is 2.74. The third kappa shape index (κ3) is 4.17. The Bertz CT molecular complexity index is 1060. The van der Waals surface area contributed by atoms with E-state index in [-0.39, 0.29) is 17.0 Å². The first-order valence-electron chi connectivity index (χ1n) is 8.37. The number of halogens is 2. The van der Waals surface area contributed by atoms with Crippen LogP contribution in [0.4, 0.5) is 14.5 Å². The average molecular weight is 387 g/mol. The Morgan fingerprint density at radius 1 is 0.852 bits per heavy atom. The zero-order chi connectivity index (χ0) is 19.6. The highest BCUT2D eigenvalue weighted by Gasteiger charge is 2.26. The number of sulfonamides is 1. The van der Waals surface area contributed by atoms with E-state index in [0.717, 1.165) is 27.6 Å². The second-order valence-electron chi connectivity index (χ2n) is 6.40. The molecule has 3 nitrogen and oxygen atoms in total. The van der Waals surface area contributed by atoms with Gasteiger partial charge in [0.1, 0.15) is 11.6 Å². The second-order valence-corrected chi connectivity index (χ2v) is 8.26. The molecule has 0 fully saturated rings. The first-order valence-corrected chi connectivity index (χ1v) is 9.81. The van der Waals surface area contributed by atoms with Crippen LogP contribution in [0.1, 0.15) is 16.7 Å². The number of aryl methyl sites for hydroxylation is 2. The molecule has 0 N–H and O–H groups in total. The van der Waals surface area contributed by atoms with Crippen molar-refractivity contribution in [3.63, 3.8) is 0 Å². The van der Waals surface area contributed by atoms with Gasteiger partial charge in [-0.15, -0.1) is 0 Å². The number of nitrogens with zero attached hydrogens (tertiary/aromatic N) is 1. The van der Waals surface area contributed by atoms with Gasteiger partial charge in [-0.2, -0.15) is 0 Å². The van der Waals surface area contributed by atoms with Crippen LogP contribution in [-0.4, -0.2) is 8.42 Å². The predicted octanol–water partition coefficient (Wildman–Crippen LogP) is 4.98. The van der Waals surface area contributed by atoms with Gasteiger partial charge in [-0.25, -0.2) is 17.2 Å². The maximum atomic E-state index is 14.2. The minimum absolute atomic E-state index is 0.0913. The third-order valence-corrected chi connectivity index (χ3v) is 6.02. The molecule has 0 aliphatic rings. The predicted molar refractivity (Wildman–Crippen MR) is 102 cm³/mol. The van der Waals surface area contributed by atoms with Gasteiger partial charge in [-0.3, -0.25) is 4.31 Å². The van der Waals surface area contributed by atoms with Gasteiger partial charge in [0.25, 0.3) is 10.0 Å². The Morgan fingerprint density at radius 3 is 2.19 bits per heavy atom. The molecule has 0 spiro atoms. The summed E-state index contributed by atoms with van der Waals surface area (Å²) < 4.78 is 55.1. The maximum Gasteiger partial charge on any atom is 0.264 e. The van der Waals surface area contributed by atoms with Gasteiger partial charge in [-0.05, 0) is 49.7 Å². The van der Waals surface area contributed by atoms with Crippen molar-refractivity contribution in [2.45, 2.75) is 25.3 Å². The van der Waals surface area contributed by atoms with E-state index in [4.69, 9.17) is 0 Å². The van der Waals surface area contributed by atoms with E-state index >= 15 is 0 Å². The number of hydrogen-bond acceptors (Lipinski definition) is 2. The molecule has 6 heteroatoms. The molecule has 27 heavy (non-hydrogen) atoms. The zero-order valence-electron chi connectivity index (χ0n) is 15.0. The number of rotatable bonds is 5. The Kier molecular flexibility index (Phi) is 5.28. The van der Waals surface area contributed by atoms with Crippen molar-refractivity contribution < 1.29 is 17.2 Å². The Hall–Kier alpha value is -2.73.